The molecule has 7 nitrogen and oxygen atoms in total. The lowest BCUT2D eigenvalue weighted by atomic mass is 10.0. The first kappa shape index (κ1) is 21.0. The second-order valence-electron chi connectivity index (χ2n) is 7.31. The Kier molecular flexibility index (Phi) is 6.64. The van der Waals surface area contributed by atoms with Crippen LogP contribution in [0.1, 0.15) is 24.5 Å². The van der Waals surface area contributed by atoms with Crippen LogP contribution in [-0.2, 0) is 6.42 Å². The summed E-state index contributed by atoms with van der Waals surface area (Å²) < 4.78 is 21.6. The van der Waals surface area contributed by atoms with Gasteiger partial charge in [-0.05, 0) is 50.2 Å². The van der Waals surface area contributed by atoms with Crippen molar-refractivity contribution >= 4 is 16.7 Å². The third kappa shape index (κ3) is 4.82. The summed E-state index contributed by atoms with van der Waals surface area (Å²) >= 11 is 0. The molecular weight excluding hydrogens is 371 g/mol. The topological polar surface area (TPSA) is 68.1 Å². The van der Waals surface area contributed by atoms with Crippen molar-refractivity contribution < 1.29 is 9.13 Å². The van der Waals surface area contributed by atoms with Crippen molar-refractivity contribution in [3.63, 3.8) is 0 Å². The zero-order valence-corrected chi connectivity index (χ0v) is 17.7. The Hall–Kier alpha value is -2.74. The van der Waals surface area contributed by atoms with Crippen LogP contribution in [0.3, 0.4) is 0 Å². The van der Waals surface area contributed by atoms with Gasteiger partial charge in [-0.3, -0.25) is 0 Å². The standard InChI is InChI=1S/C21H29FN6O/c1-6-7-27(4)13-17(22)9-15-10-18-16(8-14(15)2)12-24-28(18)20-11-19(23-3)25-21(26-20)29-5/h8,10-12,17H,6-7,9,13H2,1-5H3,(H,23,25,26). The van der Waals surface area contributed by atoms with Crippen LogP contribution in [0.15, 0.2) is 24.4 Å². The molecule has 2 aromatic heterocycles. The normalized spacial score (nSPS) is 12.5. The Balaban J connectivity index is 1.95. The smallest absolute Gasteiger partial charge is 0.320 e. The summed E-state index contributed by atoms with van der Waals surface area (Å²) in [5.41, 5.74) is 2.92. The number of benzene rings is 1. The molecule has 156 valence electrons. The van der Waals surface area contributed by atoms with Gasteiger partial charge in [-0.15, -0.1) is 0 Å². The Morgan fingerprint density at radius 2 is 2.07 bits per heavy atom. The molecule has 0 amide bonds. The fourth-order valence-electron chi connectivity index (χ4n) is 3.49. The number of halogens is 1. The quantitative estimate of drug-likeness (QED) is 0.594. The molecule has 1 unspecified atom stereocenters. The van der Waals surface area contributed by atoms with Crippen molar-refractivity contribution in [2.45, 2.75) is 32.9 Å². The Morgan fingerprint density at radius 1 is 1.28 bits per heavy atom. The number of anilines is 1. The van der Waals surface area contributed by atoms with Gasteiger partial charge in [0.05, 0.1) is 18.8 Å². The lowest BCUT2D eigenvalue weighted by molar-refractivity contribution is 0.219. The van der Waals surface area contributed by atoms with Gasteiger partial charge in [0.2, 0.25) is 0 Å². The number of ether oxygens (including phenoxy) is 1. The molecule has 0 saturated carbocycles. The number of aryl methyl sites for hydroxylation is 1. The number of methoxy groups -OCH3 is 1. The van der Waals surface area contributed by atoms with Gasteiger partial charge in [-0.25, -0.2) is 9.07 Å². The van der Waals surface area contributed by atoms with E-state index in [0.717, 1.165) is 35.0 Å². The van der Waals surface area contributed by atoms with Gasteiger partial charge in [-0.1, -0.05) is 6.92 Å². The first-order valence-electron chi connectivity index (χ1n) is 9.86. The highest BCUT2D eigenvalue weighted by molar-refractivity contribution is 5.82. The first-order valence-corrected chi connectivity index (χ1v) is 9.86. The second-order valence-corrected chi connectivity index (χ2v) is 7.31. The van der Waals surface area contributed by atoms with Crippen molar-refractivity contribution in [1.82, 2.24) is 24.6 Å². The van der Waals surface area contributed by atoms with Gasteiger partial charge >= 0.3 is 6.01 Å². The summed E-state index contributed by atoms with van der Waals surface area (Å²) in [6.07, 6.45) is 2.26. The fraction of sp³-hybridized carbons (Fsp3) is 0.476. The van der Waals surface area contributed by atoms with Crippen LogP contribution in [0, 0.1) is 6.92 Å². The summed E-state index contributed by atoms with van der Waals surface area (Å²) in [7, 11) is 5.27. The van der Waals surface area contributed by atoms with Crippen LogP contribution >= 0.6 is 0 Å². The van der Waals surface area contributed by atoms with E-state index >= 15 is 0 Å². The van der Waals surface area contributed by atoms with Crippen LogP contribution in [0.25, 0.3) is 16.7 Å². The number of alkyl halides is 1. The molecule has 0 aliphatic carbocycles. The molecule has 8 heteroatoms. The number of nitrogens with one attached hydrogen (secondary N) is 1. The van der Waals surface area contributed by atoms with E-state index in [2.05, 4.69) is 27.3 Å². The van der Waals surface area contributed by atoms with Crippen molar-refractivity contribution in [2.24, 2.45) is 0 Å². The third-order valence-corrected chi connectivity index (χ3v) is 4.93. The molecule has 0 aliphatic rings. The third-order valence-electron chi connectivity index (χ3n) is 4.93. The van der Waals surface area contributed by atoms with Crippen LogP contribution < -0.4 is 10.1 Å². The van der Waals surface area contributed by atoms with E-state index in [0.29, 0.717) is 24.6 Å². The highest BCUT2D eigenvalue weighted by Crippen LogP contribution is 2.25. The van der Waals surface area contributed by atoms with Gasteiger partial charge in [0.1, 0.15) is 12.0 Å². The highest BCUT2D eigenvalue weighted by Gasteiger charge is 2.16. The molecule has 0 radical (unpaired) electrons. The molecule has 1 atom stereocenters. The number of hydrogen-bond donors (Lipinski definition) is 1. The zero-order valence-electron chi connectivity index (χ0n) is 17.7. The zero-order chi connectivity index (χ0) is 21.0. The molecule has 0 fully saturated rings. The largest absolute Gasteiger partial charge is 0.467 e. The minimum absolute atomic E-state index is 0.255. The van der Waals surface area contributed by atoms with Crippen molar-refractivity contribution in [3.8, 4) is 11.8 Å². The van der Waals surface area contributed by atoms with Crippen LogP contribution in [0.2, 0.25) is 0 Å². The summed E-state index contributed by atoms with van der Waals surface area (Å²) in [5.74, 6) is 1.22. The maximum absolute atomic E-state index is 14.7. The van der Waals surface area contributed by atoms with Gasteiger partial charge < -0.3 is 15.0 Å². The van der Waals surface area contributed by atoms with E-state index in [1.54, 1.807) is 24.0 Å². The second kappa shape index (κ2) is 9.17. The predicted molar refractivity (Wildman–Crippen MR) is 114 cm³/mol. The highest BCUT2D eigenvalue weighted by atomic mass is 19.1. The summed E-state index contributed by atoms with van der Waals surface area (Å²) in [6.45, 7) is 5.44. The maximum Gasteiger partial charge on any atom is 0.320 e. The Morgan fingerprint density at radius 3 is 2.76 bits per heavy atom. The fourth-order valence-corrected chi connectivity index (χ4v) is 3.49. The van der Waals surface area contributed by atoms with Gasteiger partial charge in [0, 0.05) is 31.5 Å². The van der Waals surface area contributed by atoms with Crippen molar-refractivity contribution in [2.75, 3.05) is 39.6 Å². The number of rotatable bonds is 9. The van der Waals surface area contributed by atoms with E-state index in [9.17, 15) is 4.39 Å². The van der Waals surface area contributed by atoms with Crippen molar-refractivity contribution in [1.29, 1.82) is 0 Å². The number of nitrogens with zero attached hydrogens (tertiary/aromatic N) is 5. The molecule has 0 spiro atoms. The lowest BCUT2D eigenvalue weighted by Crippen LogP contribution is -2.28. The summed E-state index contributed by atoms with van der Waals surface area (Å²) in [6, 6.07) is 6.11. The van der Waals surface area contributed by atoms with Crippen LogP contribution in [-0.4, -0.2) is 65.1 Å². The Bertz CT molecular complexity index is 951. The molecule has 0 bridgehead atoms. The first-order chi connectivity index (χ1) is 13.9. The summed E-state index contributed by atoms with van der Waals surface area (Å²) in [5, 5.41) is 8.47. The molecule has 3 rings (SSSR count). The average molecular weight is 401 g/mol. The molecule has 3 aromatic rings. The van der Waals surface area contributed by atoms with Gasteiger partial charge in [-0.2, -0.15) is 15.1 Å². The molecule has 0 saturated heterocycles. The molecule has 0 aliphatic heterocycles. The molecule has 29 heavy (non-hydrogen) atoms. The number of aromatic nitrogens is 4. The van der Waals surface area contributed by atoms with E-state index < -0.39 is 6.17 Å². The van der Waals surface area contributed by atoms with Crippen molar-refractivity contribution in [3.05, 3.63) is 35.5 Å². The van der Waals surface area contributed by atoms with E-state index in [-0.39, 0.29) is 6.01 Å². The van der Waals surface area contributed by atoms with Gasteiger partial charge in [0.25, 0.3) is 0 Å². The molecule has 2 heterocycles. The monoisotopic (exact) mass is 400 g/mol. The van der Waals surface area contributed by atoms with Crippen LogP contribution in [0.5, 0.6) is 6.01 Å². The lowest BCUT2D eigenvalue weighted by Gasteiger charge is -2.19. The minimum atomic E-state index is -0.922. The van der Waals surface area contributed by atoms with Crippen LogP contribution in [0.4, 0.5) is 10.2 Å². The average Bonchev–Trinajstić information content (AvgIpc) is 3.10. The van der Waals surface area contributed by atoms with E-state index in [1.807, 2.05) is 31.0 Å². The predicted octanol–water partition coefficient (Wildman–Crippen LogP) is 3.40. The van der Waals surface area contributed by atoms with Gasteiger partial charge in [0.15, 0.2) is 5.82 Å². The SMILES string of the molecule is CCCN(C)CC(F)Cc1cc2c(cnn2-c2cc(NC)nc(OC)n2)cc1C. The maximum atomic E-state index is 14.7. The molecular formula is C21H29FN6O. The minimum Gasteiger partial charge on any atom is -0.467 e. The van der Waals surface area contributed by atoms with E-state index in [1.165, 1.54) is 7.11 Å². The Labute approximate surface area is 170 Å². The molecule has 1 N–H and O–H groups in total. The molecule has 1 aromatic carbocycles. The van der Waals surface area contributed by atoms with E-state index in [4.69, 9.17) is 4.74 Å². The number of hydrogen-bond acceptors (Lipinski definition) is 6. The number of fused-ring (bicyclic) bond motifs is 1. The summed E-state index contributed by atoms with van der Waals surface area (Å²) in [4.78, 5) is 10.7.